The fraction of sp³-hybridized carbons (Fsp3) is 0.222. The zero-order chi connectivity index (χ0) is 14.5. The normalized spacial score (nSPS) is 10.8. The van der Waals surface area contributed by atoms with Crippen molar-refractivity contribution in [2.45, 2.75) is 0 Å². The summed E-state index contributed by atoms with van der Waals surface area (Å²) in [6.07, 6.45) is 1.17. The van der Waals surface area contributed by atoms with Crippen LogP contribution in [0.2, 0.25) is 0 Å². The van der Waals surface area contributed by atoms with Gasteiger partial charge in [-0.3, -0.25) is 0 Å². The Kier molecular flexibility index (Phi) is 4.78. The number of aromatic nitrogens is 1. The number of carbonyl (C=O) groups is 2. The van der Waals surface area contributed by atoms with Gasteiger partial charge in [0.2, 0.25) is 10.0 Å². The highest BCUT2D eigenvalue weighted by atomic mass is 32.2. The molecule has 0 aliphatic rings. The summed E-state index contributed by atoms with van der Waals surface area (Å²) in [6.45, 7) is -0.134. The maximum absolute atomic E-state index is 11.3. The summed E-state index contributed by atoms with van der Waals surface area (Å²) < 4.78 is 21.2. The molecule has 0 spiro atoms. The minimum absolute atomic E-state index is 0.134. The first kappa shape index (κ1) is 14.9. The average molecular weight is 288 g/mol. The van der Waals surface area contributed by atoms with Crippen molar-refractivity contribution in [1.82, 2.24) is 10.3 Å². The van der Waals surface area contributed by atoms with E-state index < -0.39 is 22.0 Å². The first-order valence-corrected chi connectivity index (χ1v) is 6.74. The molecule has 1 aromatic heterocycles. The minimum atomic E-state index is -3.63. The lowest BCUT2D eigenvalue weighted by Crippen LogP contribution is -2.34. The number of carbonyl (C=O) groups excluding carboxylic acids is 1. The molecular formula is C9H12N4O5S. The molecule has 0 aliphatic heterocycles. The fourth-order valence-corrected chi connectivity index (χ4v) is 1.46. The lowest BCUT2D eigenvalue weighted by atomic mass is 10.3. The summed E-state index contributed by atoms with van der Waals surface area (Å²) >= 11 is 0. The second kappa shape index (κ2) is 6.11. The molecule has 0 fully saturated rings. The Balaban J connectivity index is 2.46. The van der Waals surface area contributed by atoms with Gasteiger partial charge < -0.3 is 15.7 Å². The molecule has 0 unspecified atom stereocenters. The van der Waals surface area contributed by atoms with Crippen LogP contribution in [0.15, 0.2) is 18.3 Å². The van der Waals surface area contributed by atoms with E-state index in [1.54, 1.807) is 0 Å². The number of nitrogens with one attached hydrogen (secondary N) is 2. The summed E-state index contributed by atoms with van der Waals surface area (Å²) in [5.41, 5.74) is 0.123. The van der Waals surface area contributed by atoms with Crippen molar-refractivity contribution in [2.75, 3.05) is 17.6 Å². The van der Waals surface area contributed by atoms with E-state index >= 15 is 0 Å². The Morgan fingerprint density at radius 3 is 2.53 bits per heavy atom. The molecule has 0 bridgehead atoms. The smallest absolute Gasteiger partial charge is 0.354 e. The van der Waals surface area contributed by atoms with Gasteiger partial charge in [0.15, 0.2) is 0 Å². The van der Waals surface area contributed by atoms with Gasteiger partial charge in [0.1, 0.15) is 5.69 Å². The van der Waals surface area contributed by atoms with Crippen molar-refractivity contribution in [1.29, 1.82) is 0 Å². The van der Waals surface area contributed by atoms with E-state index in [1.807, 2.05) is 0 Å². The Morgan fingerprint density at radius 1 is 1.37 bits per heavy atom. The summed E-state index contributed by atoms with van der Waals surface area (Å²) in [6, 6.07) is 1.94. The molecule has 0 atom stereocenters. The number of anilines is 1. The van der Waals surface area contributed by atoms with E-state index in [-0.39, 0.29) is 23.7 Å². The Bertz CT molecular complexity index is 569. The molecule has 0 saturated heterocycles. The predicted molar refractivity (Wildman–Crippen MR) is 66.2 cm³/mol. The lowest BCUT2D eigenvalue weighted by Gasteiger charge is -2.06. The zero-order valence-corrected chi connectivity index (χ0v) is 10.5. The number of primary sulfonamides is 1. The summed E-state index contributed by atoms with van der Waals surface area (Å²) in [5.74, 6) is -1.56. The molecule has 0 radical (unpaired) electrons. The molecule has 104 valence electrons. The Labute approximate surface area is 108 Å². The molecule has 2 amide bonds. The molecule has 10 heteroatoms. The number of nitrogens with two attached hydrogens (primary N) is 1. The van der Waals surface area contributed by atoms with Gasteiger partial charge in [-0.15, -0.1) is 0 Å². The Morgan fingerprint density at radius 2 is 2.05 bits per heavy atom. The molecule has 19 heavy (non-hydrogen) atoms. The van der Waals surface area contributed by atoms with Crippen molar-refractivity contribution >= 4 is 27.7 Å². The monoisotopic (exact) mass is 288 g/mol. The third-order valence-electron chi connectivity index (χ3n) is 1.91. The number of pyridine rings is 1. The fourth-order valence-electron chi connectivity index (χ4n) is 1.08. The number of hydrogen-bond acceptors (Lipinski definition) is 5. The van der Waals surface area contributed by atoms with E-state index in [4.69, 9.17) is 10.2 Å². The molecule has 0 aromatic carbocycles. The van der Waals surface area contributed by atoms with Gasteiger partial charge in [-0.2, -0.15) is 0 Å². The van der Waals surface area contributed by atoms with Gasteiger partial charge in [-0.25, -0.2) is 28.1 Å². The number of rotatable bonds is 5. The van der Waals surface area contributed by atoms with Crippen LogP contribution in [0.25, 0.3) is 0 Å². The number of amides is 2. The topological polar surface area (TPSA) is 151 Å². The van der Waals surface area contributed by atoms with Gasteiger partial charge in [-0.1, -0.05) is 0 Å². The van der Waals surface area contributed by atoms with Crippen LogP contribution >= 0.6 is 0 Å². The number of aromatic carboxylic acids is 1. The average Bonchev–Trinajstić information content (AvgIpc) is 2.27. The number of hydrogen-bond donors (Lipinski definition) is 4. The van der Waals surface area contributed by atoms with E-state index in [0.29, 0.717) is 0 Å². The highest BCUT2D eigenvalue weighted by molar-refractivity contribution is 7.89. The lowest BCUT2D eigenvalue weighted by molar-refractivity contribution is 0.0690. The number of sulfonamides is 1. The molecular weight excluding hydrogens is 276 g/mol. The summed E-state index contributed by atoms with van der Waals surface area (Å²) in [5, 5.41) is 18.0. The van der Waals surface area contributed by atoms with Gasteiger partial charge in [-0.05, 0) is 12.1 Å². The van der Waals surface area contributed by atoms with Crippen LogP contribution in [0.5, 0.6) is 0 Å². The number of nitrogens with zero attached hydrogens (tertiary/aromatic N) is 1. The first-order chi connectivity index (χ1) is 8.78. The van der Waals surface area contributed by atoms with Crippen molar-refractivity contribution in [3.8, 4) is 0 Å². The first-order valence-electron chi connectivity index (χ1n) is 5.02. The number of carboxylic acid groups (broad SMARTS) is 1. The molecule has 0 aliphatic carbocycles. The maximum Gasteiger partial charge on any atom is 0.354 e. The van der Waals surface area contributed by atoms with Crippen LogP contribution in [0, 0.1) is 0 Å². The second-order valence-corrected chi connectivity index (χ2v) is 5.22. The molecule has 1 aromatic rings. The summed E-state index contributed by atoms with van der Waals surface area (Å²) in [7, 11) is -3.63. The highest BCUT2D eigenvalue weighted by Crippen LogP contribution is 2.05. The SMILES string of the molecule is NS(=O)(=O)CCNC(=O)Nc1ccc(C(=O)O)nc1. The molecule has 9 nitrogen and oxygen atoms in total. The van der Waals surface area contributed by atoms with Crippen molar-refractivity contribution in [3.63, 3.8) is 0 Å². The van der Waals surface area contributed by atoms with Crippen LogP contribution in [0.3, 0.4) is 0 Å². The largest absolute Gasteiger partial charge is 0.477 e. The van der Waals surface area contributed by atoms with E-state index in [1.165, 1.54) is 18.3 Å². The van der Waals surface area contributed by atoms with E-state index in [0.717, 1.165) is 0 Å². The van der Waals surface area contributed by atoms with Crippen LogP contribution < -0.4 is 15.8 Å². The van der Waals surface area contributed by atoms with Gasteiger partial charge in [0, 0.05) is 6.54 Å². The molecule has 1 heterocycles. The number of carboxylic acids is 1. The van der Waals surface area contributed by atoms with Crippen molar-refractivity contribution in [3.05, 3.63) is 24.0 Å². The standard InChI is InChI=1S/C9H12N4O5S/c10-19(17,18)4-3-11-9(16)13-6-1-2-7(8(14)15)12-5-6/h1-2,5H,3-4H2,(H,14,15)(H2,10,17,18)(H2,11,13,16). The van der Waals surface area contributed by atoms with E-state index in [9.17, 15) is 18.0 Å². The highest BCUT2D eigenvalue weighted by Gasteiger charge is 2.07. The van der Waals surface area contributed by atoms with Crippen LogP contribution in [-0.2, 0) is 10.0 Å². The van der Waals surface area contributed by atoms with Crippen molar-refractivity contribution < 1.29 is 23.1 Å². The summed E-state index contributed by atoms with van der Waals surface area (Å²) in [4.78, 5) is 25.4. The third kappa shape index (κ3) is 5.79. The maximum atomic E-state index is 11.3. The molecule has 5 N–H and O–H groups in total. The van der Waals surface area contributed by atoms with Gasteiger partial charge in [0.25, 0.3) is 0 Å². The van der Waals surface area contributed by atoms with E-state index in [2.05, 4.69) is 15.6 Å². The molecule has 1 rings (SSSR count). The van der Waals surface area contributed by atoms with Crippen LogP contribution in [-0.4, -0.2) is 42.8 Å². The number of urea groups is 1. The Hall–Kier alpha value is -2.20. The minimum Gasteiger partial charge on any atom is -0.477 e. The second-order valence-electron chi connectivity index (χ2n) is 3.49. The zero-order valence-electron chi connectivity index (χ0n) is 9.66. The van der Waals surface area contributed by atoms with Crippen LogP contribution in [0.1, 0.15) is 10.5 Å². The van der Waals surface area contributed by atoms with Crippen LogP contribution in [0.4, 0.5) is 10.5 Å². The van der Waals surface area contributed by atoms with Gasteiger partial charge >= 0.3 is 12.0 Å². The predicted octanol–water partition coefficient (Wildman–Crippen LogP) is -0.810. The van der Waals surface area contributed by atoms with Crippen molar-refractivity contribution in [2.24, 2.45) is 5.14 Å². The third-order valence-corrected chi connectivity index (χ3v) is 2.69. The van der Waals surface area contributed by atoms with Gasteiger partial charge in [0.05, 0.1) is 17.6 Å². The quantitative estimate of drug-likeness (QED) is 0.556. The molecule has 0 saturated carbocycles.